The molecule has 1 aliphatic heterocycles. The van der Waals surface area contributed by atoms with E-state index in [1.165, 1.54) is 6.42 Å². The van der Waals surface area contributed by atoms with Crippen LogP contribution in [0.2, 0.25) is 0 Å². The van der Waals surface area contributed by atoms with Gasteiger partial charge in [-0.2, -0.15) is 0 Å². The number of anilines is 1. The number of aromatic nitrogens is 2. The summed E-state index contributed by atoms with van der Waals surface area (Å²) in [4.78, 5) is 11.3. The van der Waals surface area contributed by atoms with Crippen LogP contribution in [0.25, 0.3) is 0 Å². The Kier molecular flexibility index (Phi) is 5.10. The zero-order valence-electron chi connectivity index (χ0n) is 12.1. The van der Waals surface area contributed by atoms with Crippen molar-refractivity contribution < 1.29 is 4.74 Å². The van der Waals surface area contributed by atoms with Crippen molar-refractivity contribution in [3.8, 4) is 0 Å². The molecule has 1 saturated heterocycles. The third kappa shape index (κ3) is 3.64. The molecule has 1 N–H and O–H groups in total. The number of nitrogens with one attached hydrogen (secondary N) is 1. The van der Waals surface area contributed by atoms with Gasteiger partial charge in [0, 0.05) is 43.7 Å². The Morgan fingerprint density at radius 2 is 2.37 bits per heavy atom. The summed E-state index contributed by atoms with van der Waals surface area (Å²) in [7, 11) is 1.93. The SMILES string of the molecule is CCN(CC1CCCO1)c1ncc(CNC)c(C)n1. The Hall–Kier alpha value is -1.20. The van der Waals surface area contributed by atoms with Gasteiger partial charge in [0.05, 0.1) is 6.10 Å². The molecule has 0 spiro atoms. The summed E-state index contributed by atoms with van der Waals surface area (Å²) in [6.07, 6.45) is 4.57. The number of hydrogen-bond acceptors (Lipinski definition) is 5. The van der Waals surface area contributed by atoms with Gasteiger partial charge in [-0.15, -0.1) is 0 Å². The molecule has 5 nitrogen and oxygen atoms in total. The van der Waals surface area contributed by atoms with Crippen LogP contribution < -0.4 is 10.2 Å². The van der Waals surface area contributed by atoms with Crippen molar-refractivity contribution in [2.24, 2.45) is 0 Å². The van der Waals surface area contributed by atoms with Crippen molar-refractivity contribution in [3.05, 3.63) is 17.5 Å². The standard InChI is InChI=1S/C14H24N4O/c1-4-18(10-13-6-5-7-19-13)14-16-9-12(8-15-3)11(2)17-14/h9,13,15H,4-8,10H2,1-3H3. The van der Waals surface area contributed by atoms with E-state index >= 15 is 0 Å². The molecule has 1 unspecified atom stereocenters. The highest BCUT2D eigenvalue weighted by molar-refractivity contribution is 5.33. The molecule has 0 radical (unpaired) electrons. The minimum atomic E-state index is 0.334. The van der Waals surface area contributed by atoms with E-state index in [2.05, 4.69) is 27.1 Å². The van der Waals surface area contributed by atoms with Crippen molar-refractivity contribution in [1.29, 1.82) is 0 Å². The molecule has 0 bridgehead atoms. The summed E-state index contributed by atoms with van der Waals surface area (Å²) in [6.45, 7) is 7.67. The first kappa shape index (κ1) is 14.2. The predicted molar refractivity (Wildman–Crippen MR) is 76.4 cm³/mol. The molecule has 19 heavy (non-hydrogen) atoms. The first-order chi connectivity index (χ1) is 9.24. The van der Waals surface area contributed by atoms with Crippen LogP contribution in [0, 0.1) is 6.92 Å². The number of ether oxygens (including phenoxy) is 1. The van der Waals surface area contributed by atoms with Gasteiger partial charge >= 0.3 is 0 Å². The molecule has 5 heteroatoms. The fourth-order valence-electron chi connectivity index (χ4n) is 2.38. The van der Waals surface area contributed by atoms with Crippen molar-refractivity contribution in [1.82, 2.24) is 15.3 Å². The second-order valence-corrected chi connectivity index (χ2v) is 4.98. The molecule has 0 amide bonds. The average Bonchev–Trinajstić information content (AvgIpc) is 2.91. The van der Waals surface area contributed by atoms with Crippen molar-refractivity contribution in [3.63, 3.8) is 0 Å². The highest BCUT2D eigenvalue weighted by Crippen LogP contribution is 2.17. The maximum Gasteiger partial charge on any atom is 0.225 e. The molecule has 1 aliphatic rings. The fraction of sp³-hybridized carbons (Fsp3) is 0.714. The van der Waals surface area contributed by atoms with Crippen molar-refractivity contribution in [2.45, 2.75) is 39.3 Å². The highest BCUT2D eigenvalue weighted by Gasteiger charge is 2.20. The van der Waals surface area contributed by atoms with Gasteiger partial charge in [0.15, 0.2) is 0 Å². The van der Waals surface area contributed by atoms with E-state index < -0.39 is 0 Å². The first-order valence-corrected chi connectivity index (χ1v) is 7.08. The lowest BCUT2D eigenvalue weighted by Gasteiger charge is -2.24. The van der Waals surface area contributed by atoms with Crippen LogP contribution in [0.15, 0.2) is 6.20 Å². The van der Waals surface area contributed by atoms with Crippen molar-refractivity contribution in [2.75, 3.05) is 31.6 Å². The maximum absolute atomic E-state index is 5.69. The molecular weight excluding hydrogens is 240 g/mol. The van der Waals surface area contributed by atoms with E-state index in [1.807, 2.05) is 20.2 Å². The normalized spacial score (nSPS) is 18.8. The zero-order chi connectivity index (χ0) is 13.7. The van der Waals surface area contributed by atoms with Gasteiger partial charge in [-0.1, -0.05) is 0 Å². The molecule has 2 rings (SSSR count). The Morgan fingerprint density at radius 1 is 1.53 bits per heavy atom. The summed E-state index contributed by atoms with van der Waals surface area (Å²) in [6, 6.07) is 0. The van der Waals surface area contributed by atoms with E-state index in [1.54, 1.807) is 0 Å². The summed E-state index contributed by atoms with van der Waals surface area (Å²) >= 11 is 0. The van der Waals surface area contributed by atoms with Crippen LogP contribution in [0.5, 0.6) is 0 Å². The van der Waals surface area contributed by atoms with Crippen LogP contribution in [0.1, 0.15) is 31.0 Å². The van der Waals surface area contributed by atoms with Gasteiger partial charge in [-0.05, 0) is 33.7 Å². The topological polar surface area (TPSA) is 50.3 Å². The Balaban J connectivity index is 2.06. The molecule has 0 aromatic carbocycles. The zero-order valence-corrected chi connectivity index (χ0v) is 12.1. The molecule has 1 fully saturated rings. The Labute approximate surface area is 115 Å². The van der Waals surface area contributed by atoms with E-state index in [9.17, 15) is 0 Å². The summed E-state index contributed by atoms with van der Waals surface area (Å²) in [5, 5.41) is 3.13. The third-order valence-electron chi connectivity index (χ3n) is 3.55. The largest absolute Gasteiger partial charge is 0.376 e. The summed E-state index contributed by atoms with van der Waals surface area (Å²) in [5.41, 5.74) is 2.20. The molecule has 1 aromatic heterocycles. The fourth-order valence-corrected chi connectivity index (χ4v) is 2.38. The number of likely N-dealkylation sites (N-methyl/N-ethyl adjacent to an activating group) is 1. The van der Waals surface area contributed by atoms with E-state index in [-0.39, 0.29) is 0 Å². The second-order valence-electron chi connectivity index (χ2n) is 4.98. The van der Waals surface area contributed by atoms with Crippen LogP contribution in [0.3, 0.4) is 0 Å². The molecular formula is C14H24N4O. The smallest absolute Gasteiger partial charge is 0.225 e. The lowest BCUT2D eigenvalue weighted by atomic mass is 10.2. The van der Waals surface area contributed by atoms with Crippen LogP contribution in [-0.2, 0) is 11.3 Å². The van der Waals surface area contributed by atoms with Gasteiger partial charge in [-0.3, -0.25) is 0 Å². The molecule has 0 saturated carbocycles. The van der Waals surface area contributed by atoms with E-state index in [4.69, 9.17) is 4.74 Å². The van der Waals surface area contributed by atoms with Crippen molar-refractivity contribution >= 4 is 5.95 Å². The van der Waals surface area contributed by atoms with E-state index in [0.717, 1.165) is 49.9 Å². The average molecular weight is 264 g/mol. The minimum absolute atomic E-state index is 0.334. The first-order valence-electron chi connectivity index (χ1n) is 7.08. The summed E-state index contributed by atoms with van der Waals surface area (Å²) in [5.74, 6) is 0.815. The lowest BCUT2D eigenvalue weighted by molar-refractivity contribution is 0.115. The van der Waals surface area contributed by atoms with Gasteiger partial charge in [0.1, 0.15) is 0 Å². The van der Waals surface area contributed by atoms with Gasteiger partial charge in [0.25, 0.3) is 0 Å². The molecule has 2 heterocycles. The molecule has 0 aliphatic carbocycles. The van der Waals surface area contributed by atoms with Crippen LogP contribution in [0.4, 0.5) is 5.95 Å². The van der Waals surface area contributed by atoms with Crippen LogP contribution in [-0.4, -0.2) is 42.8 Å². The Bertz CT molecular complexity index is 404. The predicted octanol–water partition coefficient (Wildman–Crippen LogP) is 1.51. The number of hydrogen-bond donors (Lipinski definition) is 1. The van der Waals surface area contributed by atoms with Gasteiger partial charge in [-0.25, -0.2) is 9.97 Å². The highest BCUT2D eigenvalue weighted by atomic mass is 16.5. The number of nitrogens with zero attached hydrogens (tertiary/aromatic N) is 3. The summed E-state index contributed by atoms with van der Waals surface area (Å²) < 4.78 is 5.69. The molecule has 106 valence electrons. The lowest BCUT2D eigenvalue weighted by Crippen LogP contribution is -2.33. The second kappa shape index (κ2) is 6.82. The van der Waals surface area contributed by atoms with E-state index in [0.29, 0.717) is 6.10 Å². The maximum atomic E-state index is 5.69. The number of aryl methyl sites for hydroxylation is 1. The third-order valence-corrected chi connectivity index (χ3v) is 3.55. The minimum Gasteiger partial charge on any atom is -0.376 e. The molecule has 1 atom stereocenters. The monoisotopic (exact) mass is 264 g/mol. The molecule has 1 aromatic rings. The quantitative estimate of drug-likeness (QED) is 0.844. The van der Waals surface area contributed by atoms with Crippen LogP contribution >= 0.6 is 0 Å². The van der Waals surface area contributed by atoms with Gasteiger partial charge < -0.3 is 15.0 Å². The Morgan fingerprint density at radius 3 is 2.95 bits per heavy atom. The number of rotatable bonds is 6. The van der Waals surface area contributed by atoms with Gasteiger partial charge in [0.2, 0.25) is 5.95 Å².